The van der Waals surface area contributed by atoms with Gasteiger partial charge in [0.05, 0.1) is 7.11 Å². The van der Waals surface area contributed by atoms with Crippen LogP contribution in [0, 0.1) is 0 Å². The minimum atomic E-state index is -0.428. The average Bonchev–Trinajstić information content (AvgIpc) is 2.65. The van der Waals surface area contributed by atoms with Gasteiger partial charge in [-0.15, -0.1) is 0 Å². The summed E-state index contributed by atoms with van der Waals surface area (Å²) < 4.78 is 4.55. The number of anilines is 1. The van der Waals surface area contributed by atoms with Gasteiger partial charge in [0.2, 0.25) is 5.91 Å². The molecule has 0 spiro atoms. The van der Waals surface area contributed by atoms with Crippen molar-refractivity contribution in [1.29, 1.82) is 0 Å². The number of benzene rings is 2. The molecule has 4 nitrogen and oxygen atoms in total. The van der Waals surface area contributed by atoms with Gasteiger partial charge in [-0.05, 0) is 36.3 Å². The Morgan fingerprint density at radius 3 is 2.38 bits per heavy atom. The van der Waals surface area contributed by atoms with E-state index in [2.05, 4.69) is 10.1 Å². The molecule has 0 heterocycles. The van der Waals surface area contributed by atoms with Crippen LogP contribution >= 0.6 is 0 Å². The Morgan fingerprint density at radius 2 is 1.65 bits per heavy atom. The number of nitrogens with one attached hydrogen (secondary N) is 1. The summed E-state index contributed by atoms with van der Waals surface area (Å²) in [5.74, 6) is -0.650. The third-order valence-electron chi connectivity index (χ3n) is 3.46. The summed E-state index contributed by atoms with van der Waals surface area (Å²) in [5, 5.41) is 2.80. The van der Waals surface area contributed by atoms with E-state index in [0.29, 0.717) is 5.69 Å². The fourth-order valence-electron chi connectivity index (χ4n) is 2.20. The first kappa shape index (κ1) is 18.9. The van der Waals surface area contributed by atoms with E-state index in [1.165, 1.54) is 19.3 Å². The molecular weight excluding hydrogens is 326 g/mol. The molecule has 0 atom stereocenters. The molecule has 0 saturated carbocycles. The second kappa shape index (κ2) is 9.79. The number of methoxy groups -OCH3 is 1. The summed E-state index contributed by atoms with van der Waals surface area (Å²) in [6.45, 7) is 1.94. The standard InChI is InChI=1S/C22H21NO3/c1-17(15-18-7-4-3-5-8-18)11-13-21(24)23-20-10-6-9-19(16-20)12-14-22(25)26-2/h3-16H,1-2H3,(H,23,24)/b13-11+,14-12+,17-15+. The van der Waals surface area contributed by atoms with E-state index in [9.17, 15) is 9.59 Å². The first-order valence-electron chi connectivity index (χ1n) is 8.15. The lowest BCUT2D eigenvalue weighted by Crippen LogP contribution is -2.07. The van der Waals surface area contributed by atoms with Crippen molar-refractivity contribution in [2.75, 3.05) is 12.4 Å². The largest absolute Gasteiger partial charge is 0.466 e. The zero-order chi connectivity index (χ0) is 18.8. The minimum Gasteiger partial charge on any atom is -0.466 e. The van der Waals surface area contributed by atoms with Crippen molar-refractivity contribution in [1.82, 2.24) is 0 Å². The molecule has 4 heteroatoms. The van der Waals surface area contributed by atoms with Crippen molar-refractivity contribution in [3.8, 4) is 0 Å². The van der Waals surface area contributed by atoms with Crippen LogP contribution in [0.15, 0.2) is 78.4 Å². The molecule has 0 bridgehead atoms. The van der Waals surface area contributed by atoms with E-state index in [1.807, 2.05) is 49.4 Å². The van der Waals surface area contributed by atoms with Crippen LogP contribution in [0.1, 0.15) is 18.1 Å². The van der Waals surface area contributed by atoms with E-state index < -0.39 is 5.97 Å². The number of hydrogen-bond acceptors (Lipinski definition) is 3. The molecule has 132 valence electrons. The number of ether oxygens (including phenoxy) is 1. The van der Waals surface area contributed by atoms with Crippen LogP contribution in [0.3, 0.4) is 0 Å². The number of carbonyl (C=O) groups is 2. The maximum atomic E-state index is 12.1. The fraction of sp³-hybridized carbons (Fsp3) is 0.0909. The predicted octanol–water partition coefficient (Wildman–Crippen LogP) is 4.47. The van der Waals surface area contributed by atoms with Crippen LogP contribution in [-0.4, -0.2) is 19.0 Å². The van der Waals surface area contributed by atoms with Crippen LogP contribution in [0.5, 0.6) is 0 Å². The highest BCUT2D eigenvalue weighted by Gasteiger charge is 1.99. The van der Waals surface area contributed by atoms with Gasteiger partial charge in [0.15, 0.2) is 0 Å². The summed E-state index contributed by atoms with van der Waals surface area (Å²) in [6.07, 6.45) is 8.22. The molecule has 26 heavy (non-hydrogen) atoms. The van der Waals surface area contributed by atoms with Crippen LogP contribution < -0.4 is 5.32 Å². The molecule has 0 saturated heterocycles. The summed E-state index contributed by atoms with van der Waals surface area (Å²) >= 11 is 0. The highest BCUT2D eigenvalue weighted by Crippen LogP contribution is 2.13. The van der Waals surface area contributed by atoms with Crippen LogP contribution in [-0.2, 0) is 14.3 Å². The molecular formula is C22H21NO3. The van der Waals surface area contributed by atoms with Crippen LogP contribution in [0.2, 0.25) is 0 Å². The van der Waals surface area contributed by atoms with Crippen LogP contribution in [0.4, 0.5) is 5.69 Å². The first-order valence-corrected chi connectivity index (χ1v) is 8.15. The third-order valence-corrected chi connectivity index (χ3v) is 3.46. The van der Waals surface area contributed by atoms with Gasteiger partial charge in [0.1, 0.15) is 0 Å². The van der Waals surface area contributed by atoms with E-state index in [1.54, 1.807) is 30.4 Å². The number of esters is 1. The maximum Gasteiger partial charge on any atom is 0.330 e. The second-order valence-electron chi connectivity index (χ2n) is 5.60. The van der Waals surface area contributed by atoms with Gasteiger partial charge in [-0.3, -0.25) is 4.79 Å². The van der Waals surface area contributed by atoms with Gasteiger partial charge < -0.3 is 10.1 Å². The highest BCUT2D eigenvalue weighted by atomic mass is 16.5. The molecule has 0 aliphatic heterocycles. The highest BCUT2D eigenvalue weighted by molar-refractivity contribution is 6.00. The number of allylic oxidation sites excluding steroid dienone is 2. The Bertz CT molecular complexity index is 849. The van der Waals surface area contributed by atoms with Gasteiger partial charge in [-0.2, -0.15) is 0 Å². The SMILES string of the molecule is COC(=O)/C=C/c1cccc(NC(=O)/C=C/C(C)=C/c2ccccc2)c1. The fourth-order valence-corrected chi connectivity index (χ4v) is 2.20. The summed E-state index contributed by atoms with van der Waals surface area (Å²) in [7, 11) is 1.32. The lowest BCUT2D eigenvalue weighted by atomic mass is 10.1. The van der Waals surface area contributed by atoms with Crippen LogP contribution in [0.25, 0.3) is 12.2 Å². The topological polar surface area (TPSA) is 55.4 Å². The molecule has 0 fully saturated rings. The van der Waals surface area contributed by atoms with Gasteiger partial charge >= 0.3 is 5.97 Å². The maximum absolute atomic E-state index is 12.1. The lowest BCUT2D eigenvalue weighted by molar-refractivity contribution is -0.134. The van der Waals surface area contributed by atoms with Gasteiger partial charge in [0.25, 0.3) is 0 Å². The van der Waals surface area contributed by atoms with E-state index >= 15 is 0 Å². The van der Waals surface area contributed by atoms with Crippen molar-refractivity contribution in [2.45, 2.75) is 6.92 Å². The Balaban J connectivity index is 1.98. The Labute approximate surface area is 153 Å². The van der Waals surface area contributed by atoms with Crippen molar-refractivity contribution in [2.24, 2.45) is 0 Å². The van der Waals surface area contributed by atoms with Crippen molar-refractivity contribution in [3.05, 3.63) is 89.5 Å². The molecule has 1 amide bonds. The van der Waals surface area contributed by atoms with Crippen molar-refractivity contribution >= 4 is 29.7 Å². The molecule has 0 unspecified atom stereocenters. The number of hydrogen-bond donors (Lipinski definition) is 1. The Kier molecular flexibility index (Phi) is 7.13. The molecule has 2 aromatic rings. The van der Waals surface area contributed by atoms with E-state index in [4.69, 9.17) is 0 Å². The summed E-state index contributed by atoms with van der Waals surface area (Å²) in [5.41, 5.74) is 3.50. The number of rotatable bonds is 6. The van der Waals surface area contributed by atoms with E-state index in [-0.39, 0.29) is 5.91 Å². The molecule has 0 aromatic heterocycles. The van der Waals surface area contributed by atoms with Crippen molar-refractivity contribution in [3.63, 3.8) is 0 Å². The monoisotopic (exact) mass is 347 g/mol. The van der Waals surface area contributed by atoms with Gasteiger partial charge in [-0.1, -0.05) is 60.2 Å². The molecule has 0 aliphatic carbocycles. The molecule has 0 radical (unpaired) electrons. The third kappa shape index (κ3) is 6.61. The predicted molar refractivity (Wildman–Crippen MR) is 105 cm³/mol. The molecule has 2 aromatic carbocycles. The van der Waals surface area contributed by atoms with Crippen molar-refractivity contribution < 1.29 is 14.3 Å². The molecule has 1 N–H and O–H groups in total. The molecule has 0 aliphatic rings. The molecule has 2 rings (SSSR count). The minimum absolute atomic E-state index is 0.222. The summed E-state index contributed by atoms with van der Waals surface area (Å²) in [4.78, 5) is 23.2. The smallest absolute Gasteiger partial charge is 0.330 e. The zero-order valence-electron chi connectivity index (χ0n) is 14.8. The quantitative estimate of drug-likeness (QED) is 0.476. The first-order chi connectivity index (χ1) is 12.6. The number of carbonyl (C=O) groups excluding carboxylic acids is 2. The Morgan fingerprint density at radius 1 is 0.923 bits per heavy atom. The lowest BCUT2D eigenvalue weighted by Gasteiger charge is -2.03. The Hall–Kier alpha value is -3.40. The summed E-state index contributed by atoms with van der Waals surface area (Å²) in [6, 6.07) is 17.1. The number of amides is 1. The van der Waals surface area contributed by atoms with E-state index in [0.717, 1.165) is 16.7 Å². The van der Waals surface area contributed by atoms with Gasteiger partial charge in [0, 0.05) is 17.8 Å². The second-order valence-corrected chi connectivity index (χ2v) is 5.60. The average molecular weight is 347 g/mol. The normalized spacial score (nSPS) is 11.7. The van der Waals surface area contributed by atoms with Gasteiger partial charge in [-0.25, -0.2) is 4.79 Å². The zero-order valence-corrected chi connectivity index (χ0v) is 14.8.